The summed E-state index contributed by atoms with van der Waals surface area (Å²) in [5, 5.41) is 0. The summed E-state index contributed by atoms with van der Waals surface area (Å²) in [5.41, 5.74) is 0. The van der Waals surface area contributed by atoms with Crippen molar-refractivity contribution >= 4 is 5.97 Å². The summed E-state index contributed by atoms with van der Waals surface area (Å²) in [4.78, 5) is 11.9. The molecule has 4 heteroatoms. The summed E-state index contributed by atoms with van der Waals surface area (Å²) in [7, 11) is 0. The fraction of sp³-hybridized carbons (Fsp3) is 0.611. The first-order chi connectivity index (χ1) is 10.8. The van der Waals surface area contributed by atoms with Crippen molar-refractivity contribution in [3.63, 3.8) is 0 Å². The molecule has 0 fully saturated rings. The Labute approximate surface area is 133 Å². The van der Waals surface area contributed by atoms with Crippen LogP contribution in [-0.4, -0.2) is 32.4 Å². The standard InChI is InChI=1S/C18H28O4/c1-3-5-9-16(4-2)18(19)22-15-13-20-12-14-21-17-10-7-6-8-11-17/h6-8,10-11,16H,3-5,9,12-15H2,1-2H3. The van der Waals surface area contributed by atoms with E-state index in [2.05, 4.69) is 6.92 Å². The molecule has 0 bridgehead atoms. The van der Waals surface area contributed by atoms with Crippen LogP contribution in [0.5, 0.6) is 5.75 Å². The van der Waals surface area contributed by atoms with Gasteiger partial charge in [-0.15, -0.1) is 0 Å². The molecule has 0 aromatic heterocycles. The lowest BCUT2D eigenvalue weighted by atomic mass is 10.00. The molecule has 1 atom stereocenters. The molecule has 0 aliphatic rings. The van der Waals surface area contributed by atoms with Gasteiger partial charge in [0.1, 0.15) is 19.0 Å². The number of rotatable bonds is 12. The number of hydrogen-bond acceptors (Lipinski definition) is 4. The third-order valence-electron chi connectivity index (χ3n) is 3.44. The number of hydrogen-bond donors (Lipinski definition) is 0. The van der Waals surface area contributed by atoms with Gasteiger partial charge >= 0.3 is 5.97 Å². The van der Waals surface area contributed by atoms with Gasteiger partial charge in [0.05, 0.1) is 19.1 Å². The zero-order chi connectivity index (χ0) is 16.0. The van der Waals surface area contributed by atoms with Crippen molar-refractivity contribution < 1.29 is 19.0 Å². The monoisotopic (exact) mass is 308 g/mol. The van der Waals surface area contributed by atoms with E-state index in [1.54, 1.807) is 0 Å². The van der Waals surface area contributed by atoms with Crippen LogP contribution in [0, 0.1) is 5.92 Å². The van der Waals surface area contributed by atoms with Gasteiger partial charge in [-0.1, -0.05) is 44.9 Å². The number of ether oxygens (including phenoxy) is 3. The van der Waals surface area contributed by atoms with Crippen molar-refractivity contribution in [2.45, 2.75) is 39.5 Å². The maximum Gasteiger partial charge on any atom is 0.308 e. The summed E-state index contributed by atoms with van der Waals surface area (Å²) >= 11 is 0. The summed E-state index contributed by atoms with van der Waals surface area (Å²) in [5.74, 6) is 0.765. The van der Waals surface area contributed by atoms with Crippen LogP contribution >= 0.6 is 0 Å². The van der Waals surface area contributed by atoms with Crippen molar-refractivity contribution in [1.29, 1.82) is 0 Å². The Hall–Kier alpha value is -1.55. The second-order valence-electron chi connectivity index (χ2n) is 5.19. The number of carbonyl (C=O) groups excluding carboxylic acids is 1. The van der Waals surface area contributed by atoms with Crippen molar-refractivity contribution in [1.82, 2.24) is 0 Å². The molecule has 0 heterocycles. The van der Waals surface area contributed by atoms with Crippen molar-refractivity contribution in [2.75, 3.05) is 26.4 Å². The predicted molar refractivity (Wildman–Crippen MR) is 87.0 cm³/mol. The number of carbonyl (C=O) groups is 1. The Morgan fingerprint density at radius 1 is 1.05 bits per heavy atom. The molecule has 0 aliphatic carbocycles. The van der Waals surface area contributed by atoms with Gasteiger partial charge in [-0.05, 0) is 25.0 Å². The van der Waals surface area contributed by atoms with Gasteiger partial charge in [0.25, 0.3) is 0 Å². The van der Waals surface area contributed by atoms with Gasteiger partial charge in [-0.2, -0.15) is 0 Å². The van der Waals surface area contributed by atoms with Crippen molar-refractivity contribution in [3.8, 4) is 5.75 Å². The first-order valence-corrected chi connectivity index (χ1v) is 8.20. The maximum absolute atomic E-state index is 11.9. The minimum Gasteiger partial charge on any atom is -0.491 e. The second kappa shape index (κ2) is 12.0. The number of esters is 1. The highest BCUT2D eigenvalue weighted by atomic mass is 16.6. The van der Waals surface area contributed by atoms with Crippen LogP contribution in [0.4, 0.5) is 0 Å². The van der Waals surface area contributed by atoms with E-state index in [1.165, 1.54) is 0 Å². The SMILES string of the molecule is CCCCC(CC)C(=O)OCCOCCOc1ccccc1. The molecule has 1 aromatic rings. The molecule has 0 radical (unpaired) electrons. The lowest BCUT2D eigenvalue weighted by Gasteiger charge is -2.13. The third kappa shape index (κ3) is 8.03. The molecule has 22 heavy (non-hydrogen) atoms. The van der Waals surface area contributed by atoms with E-state index in [0.717, 1.165) is 31.4 Å². The highest BCUT2D eigenvalue weighted by Gasteiger charge is 2.16. The Morgan fingerprint density at radius 3 is 2.45 bits per heavy atom. The Balaban J connectivity index is 2.01. The highest BCUT2D eigenvalue weighted by molar-refractivity contribution is 5.72. The highest BCUT2D eigenvalue weighted by Crippen LogP contribution is 2.14. The Kier molecular flexibility index (Phi) is 10.1. The molecular weight excluding hydrogens is 280 g/mol. The van der Waals surface area contributed by atoms with Gasteiger partial charge in [-0.25, -0.2) is 0 Å². The predicted octanol–water partition coefficient (Wildman–Crippen LogP) is 3.84. The van der Waals surface area contributed by atoms with Crippen LogP contribution in [0.1, 0.15) is 39.5 Å². The molecule has 0 saturated carbocycles. The molecule has 1 unspecified atom stereocenters. The number of unbranched alkanes of at least 4 members (excludes halogenated alkanes) is 1. The second-order valence-corrected chi connectivity index (χ2v) is 5.19. The fourth-order valence-corrected chi connectivity index (χ4v) is 2.10. The summed E-state index contributed by atoms with van der Waals surface area (Å²) < 4.78 is 16.2. The number of benzene rings is 1. The lowest BCUT2D eigenvalue weighted by molar-refractivity contribution is -0.150. The zero-order valence-corrected chi connectivity index (χ0v) is 13.8. The van der Waals surface area contributed by atoms with Gasteiger partial charge in [0.2, 0.25) is 0 Å². The smallest absolute Gasteiger partial charge is 0.308 e. The average Bonchev–Trinajstić information content (AvgIpc) is 2.55. The van der Waals surface area contributed by atoms with Crippen LogP contribution < -0.4 is 4.74 Å². The molecule has 0 N–H and O–H groups in total. The van der Waals surface area contributed by atoms with Crippen molar-refractivity contribution in [3.05, 3.63) is 30.3 Å². The van der Waals surface area contributed by atoms with Crippen LogP contribution in [0.2, 0.25) is 0 Å². The van der Waals surface area contributed by atoms with Crippen LogP contribution in [-0.2, 0) is 14.3 Å². The molecular formula is C18H28O4. The van der Waals surface area contributed by atoms with Gasteiger partial charge in [0, 0.05) is 0 Å². The first kappa shape index (κ1) is 18.5. The summed E-state index contributed by atoms with van der Waals surface area (Å²) in [6.45, 7) is 5.86. The molecule has 1 rings (SSSR count). The summed E-state index contributed by atoms with van der Waals surface area (Å²) in [6.07, 6.45) is 3.93. The van der Waals surface area contributed by atoms with Gasteiger partial charge < -0.3 is 14.2 Å². The largest absolute Gasteiger partial charge is 0.491 e. The van der Waals surface area contributed by atoms with Gasteiger partial charge in [0.15, 0.2) is 0 Å². The van der Waals surface area contributed by atoms with Crippen LogP contribution in [0.3, 0.4) is 0 Å². The van der Waals surface area contributed by atoms with E-state index in [4.69, 9.17) is 14.2 Å². The third-order valence-corrected chi connectivity index (χ3v) is 3.44. The molecule has 0 amide bonds. The molecule has 0 spiro atoms. The molecule has 1 aromatic carbocycles. The normalized spacial score (nSPS) is 11.9. The molecule has 124 valence electrons. The minimum absolute atomic E-state index is 0.0290. The van der Waals surface area contributed by atoms with Crippen LogP contribution in [0.25, 0.3) is 0 Å². The minimum atomic E-state index is -0.0971. The first-order valence-electron chi connectivity index (χ1n) is 8.20. The van der Waals surface area contributed by atoms with E-state index in [9.17, 15) is 4.79 Å². The Bertz CT molecular complexity index is 391. The van der Waals surface area contributed by atoms with E-state index >= 15 is 0 Å². The van der Waals surface area contributed by atoms with E-state index < -0.39 is 0 Å². The van der Waals surface area contributed by atoms with Gasteiger partial charge in [-0.3, -0.25) is 4.79 Å². The summed E-state index contributed by atoms with van der Waals surface area (Å²) in [6, 6.07) is 9.62. The quantitative estimate of drug-likeness (QED) is 0.435. The van der Waals surface area contributed by atoms with E-state index in [1.807, 2.05) is 37.3 Å². The molecule has 0 aliphatic heterocycles. The topological polar surface area (TPSA) is 44.8 Å². The Morgan fingerprint density at radius 2 is 1.77 bits per heavy atom. The lowest BCUT2D eigenvalue weighted by Crippen LogP contribution is -2.20. The average molecular weight is 308 g/mol. The van der Waals surface area contributed by atoms with Crippen LogP contribution in [0.15, 0.2) is 30.3 Å². The van der Waals surface area contributed by atoms with E-state index in [-0.39, 0.29) is 11.9 Å². The van der Waals surface area contributed by atoms with E-state index in [0.29, 0.717) is 26.4 Å². The maximum atomic E-state index is 11.9. The molecule has 4 nitrogen and oxygen atoms in total. The zero-order valence-electron chi connectivity index (χ0n) is 13.8. The fourth-order valence-electron chi connectivity index (χ4n) is 2.10. The molecule has 0 saturated heterocycles. The number of para-hydroxylation sites is 1. The van der Waals surface area contributed by atoms with Crippen molar-refractivity contribution in [2.24, 2.45) is 5.92 Å².